The Balaban J connectivity index is 1.73. The average Bonchev–Trinajstić information content (AvgIpc) is 2.71. The monoisotopic (exact) mass is 381 g/mol. The number of rotatable bonds is 6. The molecule has 0 atom stereocenters. The Kier molecular flexibility index (Phi) is 6.49. The molecule has 150 valence electrons. The van der Waals surface area contributed by atoms with Gasteiger partial charge in [-0.15, -0.1) is 0 Å². The van der Waals surface area contributed by atoms with E-state index in [2.05, 4.69) is 66.1 Å². The summed E-state index contributed by atoms with van der Waals surface area (Å²) >= 11 is 0. The minimum atomic E-state index is -0.00838. The Labute approximate surface area is 168 Å². The third-order valence-corrected chi connectivity index (χ3v) is 5.56. The fourth-order valence-corrected chi connectivity index (χ4v) is 3.63. The SMILES string of the molecule is CCN(CC)c1ccc(Nc2cc(C(=O)N3CCC(C)CC3)ncn2)c(C)c1. The van der Waals surface area contributed by atoms with Crippen molar-refractivity contribution in [2.75, 3.05) is 36.4 Å². The molecule has 3 rings (SSSR count). The summed E-state index contributed by atoms with van der Waals surface area (Å²) in [5, 5.41) is 3.34. The molecule has 1 saturated heterocycles. The highest BCUT2D eigenvalue weighted by Crippen LogP contribution is 2.25. The van der Waals surface area contributed by atoms with E-state index in [0.29, 0.717) is 17.4 Å². The Morgan fingerprint density at radius 3 is 2.54 bits per heavy atom. The first-order valence-electron chi connectivity index (χ1n) is 10.3. The zero-order valence-electron chi connectivity index (χ0n) is 17.4. The Bertz CT molecular complexity index is 810. The van der Waals surface area contributed by atoms with Gasteiger partial charge in [0.2, 0.25) is 0 Å². The maximum atomic E-state index is 12.8. The molecule has 0 saturated carbocycles. The van der Waals surface area contributed by atoms with E-state index in [1.165, 1.54) is 12.0 Å². The van der Waals surface area contributed by atoms with Crippen LogP contribution in [0.5, 0.6) is 0 Å². The van der Waals surface area contributed by atoms with E-state index in [4.69, 9.17) is 0 Å². The topological polar surface area (TPSA) is 61.4 Å². The molecule has 0 radical (unpaired) electrons. The zero-order chi connectivity index (χ0) is 20.1. The van der Waals surface area contributed by atoms with Gasteiger partial charge in [0.1, 0.15) is 17.8 Å². The summed E-state index contributed by atoms with van der Waals surface area (Å²) in [6.45, 7) is 12.2. The number of aryl methyl sites for hydroxylation is 1. The maximum Gasteiger partial charge on any atom is 0.272 e. The highest BCUT2D eigenvalue weighted by atomic mass is 16.2. The van der Waals surface area contributed by atoms with Crippen molar-refractivity contribution in [2.24, 2.45) is 5.92 Å². The quantitative estimate of drug-likeness (QED) is 0.811. The lowest BCUT2D eigenvalue weighted by molar-refractivity contribution is 0.0691. The van der Waals surface area contributed by atoms with Crippen molar-refractivity contribution in [3.8, 4) is 0 Å². The molecule has 0 unspecified atom stereocenters. The second-order valence-corrected chi connectivity index (χ2v) is 7.56. The fourth-order valence-electron chi connectivity index (χ4n) is 3.63. The molecule has 1 N–H and O–H groups in total. The molecule has 6 nitrogen and oxygen atoms in total. The Hall–Kier alpha value is -2.63. The van der Waals surface area contributed by atoms with E-state index in [1.54, 1.807) is 6.07 Å². The molecule has 0 aliphatic carbocycles. The number of hydrogen-bond donors (Lipinski definition) is 1. The third kappa shape index (κ3) is 4.61. The number of nitrogens with zero attached hydrogens (tertiary/aromatic N) is 4. The number of carbonyl (C=O) groups excluding carboxylic acids is 1. The molecule has 2 aromatic rings. The number of benzene rings is 1. The summed E-state index contributed by atoms with van der Waals surface area (Å²) in [5.41, 5.74) is 3.79. The number of amides is 1. The first-order chi connectivity index (χ1) is 13.5. The highest BCUT2D eigenvalue weighted by Gasteiger charge is 2.22. The number of aromatic nitrogens is 2. The number of likely N-dealkylation sites (tertiary alicyclic amines) is 1. The number of carbonyl (C=O) groups is 1. The van der Waals surface area contributed by atoms with Crippen LogP contribution in [0.4, 0.5) is 17.2 Å². The van der Waals surface area contributed by atoms with Gasteiger partial charge in [0.05, 0.1) is 0 Å². The van der Waals surface area contributed by atoms with Crippen molar-refractivity contribution in [1.82, 2.24) is 14.9 Å². The molecule has 0 bridgehead atoms. The van der Waals surface area contributed by atoms with Crippen LogP contribution in [0.1, 0.15) is 49.7 Å². The summed E-state index contributed by atoms with van der Waals surface area (Å²) < 4.78 is 0. The average molecular weight is 382 g/mol. The maximum absolute atomic E-state index is 12.8. The van der Waals surface area contributed by atoms with Crippen molar-refractivity contribution in [3.63, 3.8) is 0 Å². The van der Waals surface area contributed by atoms with Crippen LogP contribution in [0.25, 0.3) is 0 Å². The first kappa shape index (κ1) is 20.1. The Morgan fingerprint density at radius 1 is 1.18 bits per heavy atom. The molecule has 1 fully saturated rings. The van der Waals surface area contributed by atoms with Gasteiger partial charge in [-0.25, -0.2) is 9.97 Å². The summed E-state index contributed by atoms with van der Waals surface area (Å²) in [5.74, 6) is 1.32. The molecule has 1 amide bonds. The molecule has 1 aromatic heterocycles. The minimum Gasteiger partial charge on any atom is -0.372 e. The van der Waals surface area contributed by atoms with Gasteiger partial charge in [0.15, 0.2) is 0 Å². The van der Waals surface area contributed by atoms with Gasteiger partial charge in [-0.1, -0.05) is 6.92 Å². The molecular weight excluding hydrogens is 350 g/mol. The van der Waals surface area contributed by atoms with Gasteiger partial charge < -0.3 is 15.1 Å². The molecule has 1 aromatic carbocycles. The van der Waals surface area contributed by atoms with Gasteiger partial charge in [-0.05, 0) is 63.3 Å². The Morgan fingerprint density at radius 2 is 1.89 bits per heavy atom. The summed E-state index contributed by atoms with van der Waals surface area (Å²) in [4.78, 5) is 25.5. The van der Waals surface area contributed by atoms with E-state index in [9.17, 15) is 4.79 Å². The largest absolute Gasteiger partial charge is 0.372 e. The lowest BCUT2D eigenvalue weighted by Crippen LogP contribution is -2.38. The van der Waals surface area contributed by atoms with Gasteiger partial charge in [0, 0.05) is 43.6 Å². The molecule has 1 aliphatic heterocycles. The van der Waals surface area contributed by atoms with Crippen LogP contribution in [0.15, 0.2) is 30.6 Å². The lowest BCUT2D eigenvalue weighted by atomic mass is 9.99. The van der Waals surface area contributed by atoms with E-state index in [1.807, 2.05) is 4.90 Å². The lowest BCUT2D eigenvalue weighted by Gasteiger charge is -2.30. The molecule has 2 heterocycles. The van der Waals surface area contributed by atoms with Gasteiger partial charge in [0.25, 0.3) is 5.91 Å². The van der Waals surface area contributed by atoms with E-state index in [0.717, 1.165) is 50.3 Å². The standard InChI is InChI=1S/C22H31N5O/c1-5-26(6-2)18-7-8-19(17(4)13-18)25-21-14-20(23-15-24-21)22(28)27-11-9-16(3)10-12-27/h7-8,13-16H,5-6,9-12H2,1-4H3,(H,23,24,25). The minimum absolute atomic E-state index is 0.00838. The van der Waals surface area contributed by atoms with Crippen molar-refractivity contribution in [2.45, 2.75) is 40.5 Å². The molecule has 28 heavy (non-hydrogen) atoms. The van der Waals surface area contributed by atoms with Crippen LogP contribution in [-0.2, 0) is 0 Å². The predicted octanol–water partition coefficient (Wildman–Crippen LogP) is 4.25. The summed E-state index contributed by atoms with van der Waals surface area (Å²) in [7, 11) is 0. The van der Waals surface area contributed by atoms with E-state index in [-0.39, 0.29) is 5.91 Å². The number of anilines is 3. The molecule has 6 heteroatoms. The van der Waals surface area contributed by atoms with Crippen LogP contribution < -0.4 is 10.2 Å². The van der Waals surface area contributed by atoms with E-state index < -0.39 is 0 Å². The van der Waals surface area contributed by atoms with Crippen molar-refractivity contribution in [1.29, 1.82) is 0 Å². The molecule has 1 aliphatic rings. The third-order valence-electron chi connectivity index (χ3n) is 5.56. The summed E-state index contributed by atoms with van der Waals surface area (Å²) in [6, 6.07) is 8.11. The number of piperidine rings is 1. The van der Waals surface area contributed by atoms with Gasteiger partial charge in [-0.2, -0.15) is 0 Å². The van der Waals surface area contributed by atoms with Gasteiger partial charge >= 0.3 is 0 Å². The van der Waals surface area contributed by atoms with Crippen LogP contribution in [0, 0.1) is 12.8 Å². The second-order valence-electron chi connectivity index (χ2n) is 7.56. The molecular formula is C22H31N5O. The zero-order valence-corrected chi connectivity index (χ0v) is 17.4. The van der Waals surface area contributed by atoms with Crippen LogP contribution in [0.2, 0.25) is 0 Å². The van der Waals surface area contributed by atoms with Gasteiger partial charge in [-0.3, -0.25) is 4.79 Å². The molecule has 0 spiro atoms. The van der Waals surface area contributed by atoms with Crippen LogP contribution >= 0.6 is 0 Å². The smallest absolute Gasteiger partial charge is 0.272 e. The number of nitrogens with one attached hydrogen (secondary N) is 1. The van der Waals surface area contributed by atoms with E-state index >= 15 is 0 Å². The summed E-state index contributed by atoms with van der Waals surface area (Å²) in [6.07, 6.45) is 3.57. The number of hydrogen-bond acceptors (Lipinski definition) is 5. The second kappa shape index (κ2) is 9.04. The van der Waals surface area contributed by atoms with Crippen LogP contribution in [0.3, 0.4) is 0 Å². The normalized spacial score (nSPS) is 14.8. The van der Waals surface area contributed by atoms with Crippen molar-refractivity contribution < 1.29 is 4.79 Å². The first-order valence-corrected chi connectivity index (χ1v) is 10.3. The predicted molar refractivity (Wildman–Crippen MR) is 114 cm³/mol. The van der Waals surface area contributed by atoms with Crippen LogP contribution in [-0.4, -0.2) is 47.0 Å². The van der Waals surface area contributed by atoms with Crippen molar-refractivity contribution in [3.05, 3.63) is 41.9 Å². The highest BCUT2D eigenvalue weighted by molar-refractivity contribution is 5.93. The fraction of sp³-hybridized carbons (Fsp3) is 0.500. The van der Waals surface area contributed by atoms with Crippen molar-refractivity contribution >= 4 is 23.1 Å².